The third-order valence-corrected chi connectivity index (χ3v) is 9.73. The highest BCUT2D eigenvalue weighted by Gasteiger charge is 2.20. The van der Waals surface area contributed by atoms with E-state index in [2.05, 4.69) is 132 Å². The van der Waals surface area contributed by atoms with Crippen molar-refractivity contribution in [2.24, 2.45) is 0 Å². The van der Waals surface area contributed by atoms with E-state index in [0.717, 1.165) is 33.2 Å². The molecule has 0 aliphatic rings. The van der Waals surface area contributed by atoms with Gasteiger partial charge < -0.3 is 9.13 Å². The van der Waals surface area contributed by atoms with Crippen molar-refractivity contribution in [3.63, 3.8) is 0 Å². The smallest absolute Gasteiger partial charge is 0.0991 e. The van der Waals surface area contributed by atoms with Crippen LogP contribution in [-0.2, 0) is 0 Å². The first-order valence-electron chi connectivity index (χ1n) is 13.0. The first-order chi connectivity index (χ1) is 18.4. The number of para-hydroxylation sites is 2. The second-order valence-electron chi connectivity index (χ2n) is 11.1. The summed E-state index contributed by atoms with van der Waals surface area (Å²) in [6, 6.07) is 41.3. The molecule has 0 radical (unpaired) electrons. The number of nitriles is 1. The summed E-state index contributed by atoms with van der Waals surface area (Å²) >= 11 is 0. The monoisotopic (exact) mass is 505 g/mol. The van der Waals surface area contributed by atoms with E-state index in [0.29, 0.717) is 5.56 Å². The summed E-state index contributed by atoms with van der Waals surface area (Å²) in [5, 5.41) is 15.8. The molecule has 0 aliphatic heterocycles. The van der Waals surface area contributed by atoms with Crippen molar-refractivity contribution in [1.82, 2.24) is 9.13 Å². The summed E-state index contributed by atoms with van der Waals surface area (Å²) in [4.78, 5) is 0. The van der Waals surface area contributed by atoms with Crippen LogP contribution in [0.25, 0.3) is 55.0 Å². The van der Waals surface area contributed by atoms with Crippen LogP contribution in [0.15, 0.2) is 109 Å². The Kier molecular flexibility index (Phi) is 4.88. The van der Waals surface area contributed by atoms with Crippen molar-refractivity contribution in [2.45, 2.75) is 19.6 Å². The lowest BCUT2D eigenvalue weighted by Gasteiger charge is -2.17. The fourth-order valence-corrected chi connectivity index (χ4v) is 6.97. The van der Waals surface area contributed by atoms with Gasteiger partial charge >= 0.3 is 0 Å². The molecule has 0 amide bonds. The quantitative estimate of drug-likeness (QED) is 0.222. The molecule has 0 aliphatic carbocycles. The summed E-state index contributed by atoms with van der Waals surface area (Å²) in [6.07, 6.45) is 0. The van der Waals surface area contributed by atoms with Crippen molar-refractivity contribution >= 4 is 56.9 Å². The van der Waals surface area contributed by atoms with Crippen LogP contribution in [0.4, 0.5) is 0 Å². The maximum atomic E-state index is 9.51. The SMILES string of the molecule is C[Si](C)(C)c1ccc2c(c1)c1ccccc1n2-c1cccc(-n2c3ccccc3c3cc(C#N)ccc32)c1. The van der Waals surface area contributed by atoms with Crippen molar-refractivity contribution in [3.05, 3.63) is 115 Å². The molecule has 0 saturated heterocycles. The number of benzene rings is 5. The van der Waals surface area contributed by atoms with Crippen molar-refractivity contribution in [3.8, 4) is 17.4 Å². The Morgan fingerprint density at radius 1 is 0.526 bits per heavy atom. The maximum absolute atomic E-state index is 9.51. The largest absolute Gasteiger partial charge is 0.309 e. The zero-order valence-electron chi connectivity index (χ0n) is 21.7. The molecule has 38 heavy (non-hydrogen) atoms. The van der Waals surface area contributed by atoms with Gasteiger partial charge in [0.15, 0.2) is 0 Å². The van der Waals surface area contributed by atoms with Crippen LogP contribution in [0.5, 0.6) is 0 Å². The topological polar surface area (TPSA) is 33.6 Å². The molecule has 2 heterocycles. The molecule has 0 bridgehead atoms. The van der Waals surface area contributed by atoms with Crippen LogP contribution < -0.4 is 5.19 Å². The van der Waals surface area contributed by atoms with Crippen molar-refractivity contribution in [2.75, 3.05) is 0 Å². The normalized spacial score (nSPS) is 12.1. The summed E-state index contributed by atoms with van der Waals surface area (Å²) in [6.45, 7) is 7.21. The molecule has 0 atom stereocenters. The highest BCUT2D eigenvalue weighted by molar-refractivity contribution is 6.88. The van der Waals surface area contributed by atoms with Crippen molar-refractivity contribution < 1.29 is 0 Å². The molecular weight excluding hydrogens is 478 g/mol. The zero-order chi connectivity index (χ0) is 26.0. The maximum Gasteiger partial charge on any atom is 0.0991 e. The second kappa shape index (κ2) is 8.21. The van der Waals surface area contributed by atoms with E-state index >= 15 is 0 Å². The van der Waals surface area contributed by atoms with Crippen LogP contribution >= 0.6 is 0 Å². The molecule has 0 saturated carbocycles. The fourth-order valence-electron chi connectivity index (χ4n) is 5.81. The van der Waals surface area contributed by atoms with E-state index in [-0.39, 0.29) is 0 Å². The minimum absolute atomic E-state index is 0.678. The van der Waals surface area contributed by atoms with Gasteiger partial charge in [-0.3, -0.25) is 0 Å². The number of aromatic nitrogens is 2. The van der Waals surface area contributed by atoms with E-state index in [1.807, 2.05) is 12.1 Å². The molecule has 0 unspecified atom stereocenters. The second-order valence-corrected chi connectivity index (χ2v) is 16.1. The molecule has 0 fully saturated rings. The summed E-state index contributed by atoms with van der Waals surface area (Å²) in [5.74, 6) is 0. The van der Waals surface area contributed by atoms with Gasteiger partial charge in [-0.15, -0.1) is 0 Å². The number of hydrogen-bond donors (Lipinski definition) is 0. The minimum atomic E-state index is -1.45. The van der Waals surface area contributed by atoms with E-state index in [4.69, 9.17) is 0 Å². The highest BCUT2D eigenvalue weighted by Crippen LogP contribution is 2.35. The third kappa shape index (κ3) is 3.33. The molecule has 5 aromatic carbocycles. The summed E-state index contributed by atoms with van der Waals surface area (Å²) < 4.78 is 4.70. The number of fused-ring (bicyclic) bond motifs is 6. The standard InChI is InChI=1S/C34H27N3Si/c1-38(2,3)26-16-18-34-30(21-26)28-12-5-7-14-32(28)37(34)25-10-8-9-24(20-25)36-31-13-6-4-11-27(31)29-19-23(22-35)15-17-33(29)36/h4-21H,1-3H3. The van der Waals surface area contributed by atoms with Crippen LogP contribution in [0.3, 0.4) is 0 Å². The highest BCUT2D eigenvalue weighted by atomic mass is 28.3. The van der Waals surface area contributed by atoms with Crippen LogP contribution in [-0.4, -0.2) is 17.2 Å². The fraction of sp³-hybridized carbons (Fsp3) is 0.0882. The van der Waals surface area contributed by atoms with Gasteiger partial charge in [0.05, 0.1) is 41.8 Å². The molecule has 2 aromatic heterocycles. The van der Waals surface area contributed by atoms with Gasteiger partial charge in [0.1, 0.15) is 0 Å². The van der Waals surface area contributed by atoms with Gasteiger partial charge in [0.2, 0.25) is 0 Å². The average Bonchev–Trinajstić information content (AvgIpc) is 3.45. The Hall–Kier alpha value is -4.59. The molecule has 182 valence electrons. The van der Waals surface area contributed by atoms with E-state index in [1.54, 1.807) is 0 Å². The minimum Gasteiger partial charge on any atom is -0.309 e. The summed E-state index contributed by atoms with van der Waals surface area (Å²) in [5.41, 5.74) is 7.59. The van der Waals surface area contributed by atoms with Gasteiger partial charge in [0.25, 0.3) is 0 Å². The van der Waals surface area contributed by atoms with Crippen molar-refractivity contribution in [1.29, 1.82) is 5.26 Å². The lowest BCUT2D eigenvalue weighted by atomic mass is 10.1. The first kappa shape index (κ1) is 22.6. The van der Waals surface area contributed by atoms with Crippen LogP contribution in [0, 0.1) is 11.3 Å². The molecule has 7 aromatic rings. The molecule has 3 nitrogen and oxygen atoms in total. The Labute approximate surface area is 222 Å². The van der Waals surface area contributed by atoms with Crippen LogP contribution in [0.1, 0.15) is 5.56 Å². The number of hydrogen-bond acceptors (Lipinski definition) is 1. The lowest BCUT2D eigenvalue weighted by molar-refractivity contribution is 1.13. The van der Waals surface area contributed by atoms with E-state index in [9.17, 15) is 5.26 Å². The Balaban J connectivity index is 1.51. The molecular formula is C34H27N3Si. The molecule has 4 heteroatoms. The Morgan fingerprint density at radius 3 is 1.63 bits per heavy atom. The first-order valence-corrected chi connectivity index (χ1v) is 16.5. The lowest BCUT2D eigenvalue weighted by Crippen LogP contribution is -2.37. The van der Waals surface area contributed by atoms with Gasteiger partial charge in [-0.1, -0.05) is 79.4 Å². The molecule has 0 N–H and O–H groups in total. The predicted molar refractivity (Wildman–Crippen MR) is 163 cm³/mol. The summed E-state index contributed by atoms with van der Waals surface area (Å²) in [7, 11) is -1.45. The number of rotatable bonds is 3. The zero-order valence-corrected chi connectivity index (χ0v) is 22.7. The van der Waals surface area contributed by atoms with E-state index in [1.165, 1.54) is 27.0 Å². The van der Waals surface area contributed by atoms with Gasteiger partial charge in [-0.2, -0.15) is 5.26 Å². The number of nitrogens with zero attached hydrogens (tertiary/aromatic N) is 3. The van der Waals surface area contributed by atoms with Gasteiger partial charge in [-0.05, 0) is 54.6 Å². The Morgan fingerprint density at radius 2 is 1.05 bits per heavy atom. The Bertz CT molecular complexity index is 2080. The van der Waals surface area contributed by atoms with Gasteiger partial charge in [-0.25, -0.2) is 0 Å². The van der Waals surface area contributed by atoms with Gasteiger partial charge in [0, 0.05) is 32.9 Å². The molecule has 0 spiro atoms. The third-order valence-electron chi connectivity index (χ3n) is 7.69. The van der Waals surface area contributed by atoms with E-state index < -0.39 is 8.07 Å². The molecule has 7 rings (SSSR count). The van der Waals surface area contributed by atoms with Crippen LogP contribution in [0.2, 0.25) is 19.6 Å². The predicted octanol–water partition coefficient (Wildman–Crippen LogP) is 8.30. The average molecular weight is 506 g/mol.